The monoisotopic (exact) mass is 411 g/mol. The summed E-state index contributed by atoms with van der Waals surface area (Å²) in [5, 5.41) is 6.80. The molecule has 1 aromatic rings. The van der Waals surface area contributed by atoms with Crippen LogP contribution in [0.1, 0.15) is 32.4 Å². The Bertz CT molecular complexity index is 686. The zero-order valence-electron chi connectivity index (χ0n) is 14.3. The molecular formula is C17H22BrN3O2S. The van der Waals surface area contributed by atoms with Crippen molar-refractivity contribution in [2.45, 2.75) is 26.8 Å². The molecule has 5 nitrogen and oxygen atoms in total. The molecule has 1 aliphatic rings. The quantitative estimate of drug-likeness (QED) is 0.728. The Morgan fingerprint density at radius 2 is 2.04 bits per heavy atom. The van der Waals surface area contributed by atoms with Gasteiger partial charge in [-0.05, 0) is 66.6 Å². The van der Waals surface area contributed by atoms with E-state index in [-0.39, 0.29) is 11.9 Å². The van der Waals surface area contributed by atoms with Gasteiger partial charge in [-0.3, -0.25) is 4.79 Å². The van der Waals surface area contributed by atoms with E-state index in [9.17, 15) is 4.79 Å². The van der Waals surface area contributed by atoms with Crippen molar-refractivity contribution in [1.29, 1.82) is 0 Å². The molecule has 0 radical (unpaired) electrons. The fourth-order valence-corrected chi connectivity index (χ4v) is 3.60. The van der Waals surface area contributed by atoms with Crippen LogP contribution in [0.4, 0.5) is 0 Å². The van der Waals surface area contributed by atoms with Crippen LogP contribution in [0.5, 0.6) is 5.75 Å². The zero-order valence-corrected chi connectivity index (χ0v) is 16.7. The predicted molar refractivity (Wildman–Crippen MR) is 103 cm³/mol. The van der Waals surface area contributed by atoms with E-state index in [4.69, 9.17) is 17.0 Å². The highest BCUT2D eigenvalue weighted by molar-refractivity contribution is 9.10. The first-order chi connectivity index (χ1) is 11.4. The minimum Gasteiger partial charge on any atom is -0.496 e. The molecule has 0 saturated carbocycles. The molecule has 7 heteroatoms. The maximum absolute atomic E-state index is 13.0. The average Bonchev–Trinajstić information content (AvgIpc) is 2.55. The van der Waals surface area contributed by atoms with Crippen LogP contribution in [0.3, 0.4) is 0 Å². The van der Waals surface area contributed by atoms with Gasteiger partial charge in [-0.2, -0.15) is 0 Å². The summed E-state index contributed by atoms with van der Waals surface area (Å²) in [5.41, 5.74) is 2.42. The van der Waals surface area contributed by atoms with Gasteiger partial charge in [0.1, 0.15) is 5.75 Å². The Morgan fingerprint density at radius 1 is 1.38 bits per heavy atom. The molecule has 1 aliphatic heterocycles. The van der Waals surface area contributed by atoms with E-state index in [2.05, 4.69) is 26.6 Å². The van der Waals surface area contributed by atoms with Gasteiger partial charge in [0.25, 0.3) is 5.91 Å². The molecule has 1 aromatic carbocycles. The molecule has 0 aliphatic carbocycles. The van der Waals surface area contributed by atoms with Crippen molar-refractivity contribution < 1.29 is 9.53 Å². The lowest BCUT2D eigenvalue weighted by molar-refractivity contribution is -0.127. The number of hydrogen-bond donors (Lipinski definition) is 2. The van der Waals surface area contributed by atoms with E-state index in [1.807, 2.05) is 43.9 Å². The minimum absolute atomic E-state index is 0.0111. The molecule has 1 amide bonds. The highest BCUT2D eigenvalue weighted by Crippen LogP contribution is 2.33. The van der Waals surface area contributed by atoms with Gasteiger partial charge < -0.3 is 20.3 Å². The molecule has 0 saturated heterocycles. The summed E-state index contributed by atoms with van der Waals surface area (Å²) >= 11 is 8.79. The Balaban J connectivity index is 2.48. The second kappa shape index (κ2) is 7.98. The van der Waals surface area contributed by atoms with Crippen molar-refractivity contribution in [2.24, 2.45) is 0 Å². The number of thiocarbonyl (C=S) groups is 1. The molecule has 0 aromatic heterocycles. The van der Waals surface area contributed by atoms with Crippen LogP contribution in [0.25, 0.3) is 0 Å². The van der Waals surface area contributed by atoms with Gasteiger partial charge in [0.2, 0.25) is 0 Å². The Labute approximate surface area is 156 Å². The number of allylic oxidation sites excluding steroid dienone is 1. The van der Waals surface area contributed by atoms with Crippen molar-refractivity contribution >= 4 is 39.2 Å². The van der Waals surface area contributed by atoms with Gasteiger partial charge in [0.05, 0.1) is 23.2 Å². The van der Waals surface area contributed by atoms with Crippen molar-refractivity contribution in [1.82, 2.24) is 15.5 Å². The second-order valence-electron chi connectivity index (χ2n) is 5.44. The highest BCUT2D eigenvalue weighted by Gasteiger charge is 2.32. The number of hydrogen-bond acceptors (Lipinski definition) is 3. The largest absolute Gasteiger partial charge is 0.496 e. The summed E-state index contributed by atoms with van der Waals surface area (Å²) in [7, 11) is 1.62. The van der Waals surface area contributed by atoms with Crippen LogP contribution < -0.4 is 15.4 Å². The lowest BCUT2D eigenvalue weighted by Crippen LogP contribution is -2.47. The molecular weight excluding hydrogens is 390 g/mol. The fraction of sp³-hybridized carbons (Fsp3) is 0.412. The van der Waals surface area contributed by atoms with Gasteiger partial charge in [-0.15, -0.1) is 0 Å². The summed E-state index contributed by atoms with van der Waals surface area (Å²) in [4.78, 5) is 14.8. The van der Waals surface area contributed by atoms with Gasteiger partial charge >= 0.3 is 0 Å². The summed E-state index contributed by atoms with van der Waals surface area (Å²) in [5.74, 6) is 0.754. The van der Waals surface area contributed by atoms with Crippen molar-refractivity contribution in [3.63, 3.8) is 0 Å². The third-order valence-electron chi connectivity index (χ3n) is 4.06. The number of methoxy groups -OCH3 is 1. The summed E-state index contributed by atoms with van der Waals surface area (Å²) in [6, 6.07) is 5.47. The van der Waals surface area contributed by atoms with Crippen LogP contribution >= 0.6 is 28.1 Å². The number of carbonyl (C=O) groups is 1. The molecule has 0 unspecified atom stereocenters. The van der Waals surface area contributed by atoms with E-state index in [1.165, 1.54) is 0 Å². The van der Waals surface area contributed by atoms with Gasteiger partial charge in [0.15, 0.2) is 5.11 Å². The molecule has 0 bridgehead atoms. The fourth-order valence-electron chi connectivity index (χ4n) is 2.77. The maximum Gasteiger partial charge on any atom is 0.253 e. The summed E-state index contributed by atoms with van der Waals surface area (Å²) < 4.78 is 6.12. The van der Waals surface area contributed by atoms with Crippen molar-refractivity contribution in [2.75, 3.05) is 20.2 Å². The first-order valence-corrected chi connectivity index (χ1v) is 9.04. The number of nitrogens with zero attached hydrogens (tertiary/aromatic N) is 1. The summed E-state index contributed by atoms with van der Waals surface area (Å²) in [6.07, 6.45) is 0. The minimum atomic E-state index is -0.297. The van der Waals surface area contributed by atoms with Crippen LogP contribution in [-0.4, -0.2) is 36.1 Å². The Morgan fingerprint density at radius 3 is 2.58 bits per heavy atom. The zero-order chi connectivity index (χ0) is 17.9. The molecule has 2 rings (SSSR count). The molecule has 24 heavy (non-hydrogen) atoms. The van der Waals surface area contributed by atoms with Crippen LogP contribution in [0, 0.1) is 0 Å². The Hall–Kier alpha value is -1.60. The third-order valence-corrected chi connectivity index (χ3v) is 4.90. The predicted octanol–water partition coefficient (Wildman–Crippen LogP) is 3.12. The van der Waals surface area contributed by atoms with Crippen LogP contribution in [0.15, 0.2) is 33.9 Å². The number of amides is 1. The maximum atomic E-state index is 13.0. The van der Waals surface area contributed by atoms with Crippen molar-refractivity contribution in [3.8, 4) is 5.75 Å². The molecule has 1 heterocycles. The molecule has 0 fully saturated rings. The first-order valence-electron chi connectivity index (χ1n) is 7.83. The number of carbonyl (C=O) groups excluding carboxylic acids is 1. The number of benzene rings is 1. The van der Waals surface area contributed by atoms with Crippen LogP contribution in [-0.2, 0) is 4.79 Å². The third kappa shape index (κ3) is 3.72. The molecule has 130 valence electrons. The van der Waals surface area contributed by atoms with Gasteiger partial charge in [0, 0.05) is 18.8 Å². The number of rotatable bonds is 5. The standard InChI is InChI=1S/C17H22BrN3O2S/c1-5-21(6-2)16(22)14-10(3)19-17(24)20-15(14)11-7-8-13(23-4)12(18)9-11/h7-9,15H,5-6H2,1-4H3,(H2,19,20,24)/t15-/m1/s1. The van der Waals surface area contributed by atoms with E-state index >= 15 is 0 Å². The van der Waals surface area contributed by atoms with Gasteiger partial charge in [-0.1, -0.05) is 6.07 Å². The second-order valence-corrected chi connectivity index (χ2v) is 6.70. The number of ether oxygens (including phenoxy) is 1. The van der Waals surface area contributed by atoms with E-state index < -0.39 is 0 Å². The van der Waals surface area contributed by atoms with E-state index in [0.717, 1.165) is 21.5 Å². The van der Waals surface area contributed by atoms with E-state index in [1.54, 1.807) is 7.11 Å². The molecule has 1 atom stereocenters. The average molecular weight is 412 g/mol. The van der Waals surface area contributed by atoms with E-state index in [0.29, 0.717) is 23.8 Å². The van der Waals surface area contributed by atoms with Gasteiger partial charge in [-0.25, -0.2) is 0 Å². The summed E-state index contributed by atoms with van der Waals surface area (Å²) in [6.45, 7) is 7.16. The smallest absolute Gasteiger partial charge is 0.253 e. The highest BCUT2D eigenvalue weighted by atomic mass is 79.9. The number of likely N-dealkylation sites (N-methyl/N-ethyl adjacent to an activating group) is 1. The molecule has 2 N–H and O–H groups in total. The topological polar surface area (TPSA) is 53.6 Å². The lowest BCUT2D eigenvalue weighted by atomic mass is 9.94. The van der Waals surface area contributed by atoms with Crippen molar-refractivity contribution in [3.05, 3.63) is 39.5 Å². The first kappa shape index (κ1) is 18.7. The lowest BCUT2D eigenvalue weighted by Gasteiger charge is -2.33. The van der Waals surface area contributed by atoms with Crippen LogP contribution in [0.2, 0.25) is 0 Å². The number of nitrogens with one attached hydrogen (secondary N) is 2. The molecule has 0 spiro atoms. The SMILES string of the molecule is CCN(CC)C(=O)C1=C(C)NC(=S)N[C@@H]1c1ccc(OC)c(Br)c1. The Kier molecular flexibility index (Phi) is 6.23. The number of halogens is 1. The normalized spacial score (nSPS) is 17.2.